The summed E-state index contributed by atoms with van der Waals surface area (Å²) in [5.74, 6) is -0.250. The van der Waals surface area contributed by atoms with Crippen LogP contribution in [0.4, 0.5) is 5.69 Å². The Morgan fingerprint density at radius 2 is 1.77 bits per heavy atom. The van der Waals surface area contributed by atoms with Crippen LogP contribution in [0.3, 0.4) is 0 Å². The van der Waals surface area contributed by atoms with Crippen molar-refractivity contribution in [2.75, 3.05) is 5.32 Å². The normalized spacial score (nSPS) is 12.0. The van der Waals surface area contributed by atoms with Crippen molar-refractivity contribution in [2.24, 2.45) is 10.5 Å². The molecule has 2 aromatic rings. The predicted molar refractivity (Wildman–Crippen MR) is 108 cm³/mol. The van der Waals surface area contributed by atoms with Gasteiger partial charge in [0.05, 0.1) is 11.3 Å². The second kappa shape index (κ2) is 8.27. The predicted octanol–water partition coefficient (Wildman–Crippen LogP) is 4.45. The Bertz CT molecular complexity index is 814. The molecule has 0 bridgehead atoms. The van der Waals surface area contributed by atoms with E-state index in [4.69, 9.17) is 0 Å². The largest absolute Gasteiger partial charge is 0.326 e. The Morgan fingerprint density at radius 1 is 1.12 bits per heavy atom. The van der Waals surface area contributed by atoms with E-state index >= 15 is 0 Å². The van der Waals surface area contributed by atoms with Crippen molar-refractivity contribution in [1.82, 2.24) is 5.43 Å². The Labute approximate surface area is 158 Å². The van der Waals surface area contributed by atoms with Gasteiger partial charge < -0.3 is 5.32 Å². The number of hydrogen-bond acceptors (Lipinski definition) is 4. The molecule has 0 fully saturated rings. The number of carbonyl (C=O) groups is 2. The summed E-state index contributed by atoms with van der Waals surface area (Å²) < 4.78 is 0. The second-order valence-corrected chi connectivity index (χ2v) is 8.07. The highest BCUT2D eigenvalue weighted by Crippen LogP contribution is 2.18. The number of nitrogens with one attached hydrogen (secondary N) is 2. The molecule has 2 amide bonds. The van der Waals surface area contributed by atoms with E-state index < -0.39 is 5.41 Å². The number of benzene rings is 1. The lowest BCUT2D eigenvalue weighted by Crippen LogP contribution is -2.27. The van der Waals surface area contributed by atoms with Crippen LogP contribution >= 0.6 is 11.3 Å². The molecule has 0 radical (unpaired) electrons. The molecule has 0 unspecified atom stereocenters. The average Bonchev–Trinajstić information content (AvgIpc) is 3.08. The number of rotatable bonds is 5. The van der Waals surface area contributed by atoms with Crippen molar-refractivity contribution < 1.29 is 9.59 Å². The molecule has 0 aliphatic rings. The minimum absolute atomic E-state index is 0.0369. The average molecular weight is 372 g/mol. The van der Waals surface area contributed by atoms with Gasteiger partial charge >= 0.3 is 0 Å². The third kappa shape index (κ3) is 5.26. The van der Waals surface area contributed by atoms with Crippen LogP contribution in [0.2, 0.25) is 0 Å². The highest BCUT2D eigenvalue weighted by molar-refractivity contribution is 7.10. The molecule has 2 N–H and O–H groups in total. The van der Waals surface area contributed by atoms with Crippen LogP contribution in [0.25, 0.3) is 0 Å². The van der Waals surface area contributed by atoms with E-state index in [2.05, 4.69) is 22.8 Å². The number of carbonyl (C=O) groups excluding carboxylic acids is 2. The third-order valence-electron chi connectivity index (χ3n) is 3.83. The summed E-state index contributed by atoms with van der Waals surface area (Å²) in [5, 5.41) is 8.89. The lowest BCUT2D eigenvalue weighted by Gasteiger charge is -2.17. The summed E-state index contributed by atoms with van der Waals surface area (Å²) in [5.41, 5.74) is 5.07. The maximum absolute atomic E-state index is 12.1. The third-order valence-corrected chi connectivity index (χ3v) is 4.91. The molecule has 1 aromatic heterocycles. The SMILES string of the molecule is CCc1cc(C(=O)N/N=C(\C)c2ccc(NC(=O)C(C)(C)C)cc2)cs1. The molecule has 0 saturated carbocycles. The molecule has 2 rings (SSSR count). The monoisotopic (exact) mass is 371 g/mol. The van der Waals surface area contributed by atoms with Gasteiger partial charge in [-0.2, -0.15) is 5.10 Å². The van der Waals surface area contributed by atoms with Gasteiger partial charge in [-0.05, 0) is 37.1 Å². The zero-order valence-electron chi connectivity index (χ0n) is 15.8. The second-order valence-electron chi connectivity index (χ2n) is 7.07. The summed E-state index contributed by atoms with van der Waals surface area (Å²) in [6.07, 6.45) is 0.915. The van der Waals surface area contributed by atoms with Crippen LogP contribution < -0.4 is 10.7 Å². The van der Waals surface area contributed by atoms with Gasteiger partial charge in [0, 0.05) is 21.4 Å². The Hall–Kier alpha value is -2.47. The fraction of sp³-hybridized carbons (Fsp3) is 0.350. The van der Waals surface area contributed by atoms with Crippen molar-refractivity contribution in [3.8, 4) is 0 Å². The molecule has 26 heavy (non-hydrogen) atoms. The first-order valence-corrected chi connectivity index (χ1v) is 9.42. The number of anilines is 1. The highest BCUT2D eigenvalue weighted by atomic mass is 32.1. The van der Waals surface area contributed by atoms with E-state index in [9.17, 15) is 9.59 Å². The van der Waals surface area contributed by atoms with Crippen molar-refractivity contribution in [3.05, 3.63) is 51.7 Å². The molecular formula is C20H25N3O2S. The highest BCUT2D eigenvalue weighted by Gasteiger charge is 2.21. The zero-order chi connectivity index (χ0) is 19.3. The fourth-order valence-electron chi connectivity index (χ4n) is 2.06. The molecule has 0 aliphatic heterocycles. The van der Waals surface area contributed by atoms with Crippen LogP contribution in [0.1, 0.15) is 55.4 Å². The first-order valence-electron chi connectivity index (χ1n) is 8.54. The van der Waals surface area contributed by atoms with Crippen LogP contribution in [-0.4, -0.2) is 17.5 Å². The van der Waals surface area contributed by atoms with E-state index in [-0.39, 0.29) is 11.8 Å². The number of nitrogens with zero attached hydrogens (tertiary/aromatic N) is 1. The van der Waals surface area contributed by atoms with Gasteiger partial charge in [0.15, 0.2) is 0 Å². The summed E-state index contributed by atoms with van der Waals surface area (Å²) >= 11 is 1.57. The number of amides is 2. The van der Waals surface area contributed by atoms with Gasteiger partial charge in [-0.1, -0.05) is 39.8 Å². The zero-order valence-corrected chi connectivity index (χ0v) is 16.7. The summed E-state index contributed by atoms with van der Waals surface area (Å²) in [6.45, 7) is 9.49. The number of aryl methyl sites for hydroxylation is 1. The van der Waals surface area contributed by atoms with Crippen molar-refractivity contribution in [1.29, 1.82) is 0 Å². The molecule has 0 atom stereocenters. The first-order chi connectivity index (χ1) is 12.2. The Morgan fingerprint density at radius 3 is 2.31 bits per heavy atom. The van der Waals surface area contributed by atoms with Crippen molar-refractivity contribution >= 4 is 34.6 Å². The van der Waals surface area contributed by atoms with Crippen LogP contribution in [-0.2, 0) is 11.2 Å². The quantitative estimate of drug-likeness (QED) is 0.602. The van der Waals surface area contributed by atoms with Gasteiger partial charge in [0.25, 0.3) is 5.91 Å². The first kappa shape index (κ1) is 19.8. The molecule has 1 heterocycles. The van der Waals surface area contributed by atoms with Crippen LogP contribution in [0.5, 0.6) is 0 Å². The lowest BCUT2D eigenvalue weighted by molar-refractivity contribution is -0.123. The molecule has 138 valence electrons. The maximum Gasteiger partial charge on any atom is 0.272 e. The van der Waals surface area contributed by atoms with Gasteiger partial charge in [0.2, 0.25) is 5.91 Å². The van der Waals surface area contributed by atoms with Gasteiger partial charge in [-0.15, -0.1) is 11.3 Å². The van der Waals surface area contributed by atoms with E-state index in [1.807, 2.05) is 63.4 Å². The van der Waals surface area contributed by atoms with Crippen molar-refractivity contribution in [2.45, 2.75) is 41.0 Å². The van der Waals surface area contributed by atoms with E-state index in [1.165, 1.54) is 4.88 Å². The van der Waals surface area contributed by atoms with Gasteiger partial charge in [-0.3, -0.25) is 9.59 Å². The fourth-order valence-corrected chi connectivity index (χ4v) is 2.88. The maximum atomic E-state index is 12.1. The molecule has 1 aromatic carbocycles. The number of thiophene rings is 1. The van der Waals surface area contributed by atoms with Gasteiger partial charge in [0.1, 0.15) is 0 Å². The van der Waals surface area contributed by atoms with E-state index in [1.54, 1.807) is 11.3 Å². The lowest BCUT2D eigenvalue weighted by atomic mass is 9.95. The smallest absolute Gasteiger partial charge is 0.272 e. The molecule has 5 nitrogen and oxygen atoms in total. The van der Waals surface area contributed by atoms with Crippen molar-refractivity contribution in [3.63, 3.8) is 0 Å². The van der Waals surface area contributed by atoms with E-state index in [0.717, 1.165) is 17.7 Å². The summed E-state index contributed by atoms with van der Waals surface area (Å²) in [4.78, 5) is 25.3. The topological polar surface area (TPSA) is 70.6 Å². The Balaban J connectivity index is 2.00. The van der Waals surface area contributed by atoms with Gasteiger partial charge in [-0.25, -0.2) is 5.43 Å². The standard InChI is InChI=1S/C20H25N3O2S/c1-6-17-11-15(12-26-17)18(24)23-22-13(2)14-7-9-16(10-8-14)21-19(25)20(3,4)5/h7-12H,6H2,1-5H3,(H,21,25)(H,23,24)/b22-13+. The summed E-state index contributed by atoms with van der Waals surface area (Å²) in [7, 11) is 0. The molecule has 0 aliphatic carbocycles. The molecule has 0 saturated heterocycles. The van der Waals surface area contributed by atoms with E-state index in [0.29, 0.717) is 11.3 Å². The minimum Gasteiger partial charge on any atom is -0.326 e. The van der Waals surface area contributed by atoms with Crippen LogP contribution in [0, 0.1) is 5.41 Å². The molecular weight excluding hydrogens is 346 g/mol. The van der Waals surface area contributed by atoms with Crippen LogP contribution in [0.15, 0.2) is 40.8 Å². The minimum atomic E-state index is -0.445. The Kier molecular flexibility index (Phi) is 6.32. The number of hydrazone groups is 1. The number of hydrogen-bond donors (Lipinski definition) is 2. The summed E-state index contributed by atoms with van der Waals surface area (Å²) in [6, 6.07) is 9.27. The molecule has 0 spiro atoms. The molecule has 6 heteroatoms.